The maximum atomic E-state index is 12.8. The number of hydrogen-bond donors (Lipinski definition) is 1. The first-order valence-electron chi connectivity index (χ1n) is 10.4. The molecule has 3 aromatic carbocycles. The SMILES string of the molecule is O=C(Nc1ccc(N2CCOCC2)cc1)c1ccccc1OCCOc1ccccc1. The van der Waals surface area contributed by atoms with Crippen molar-refractivity contribution in [1.82, 2.24) is 0 Å². The smallest absolute Gasteiger partial charge is 0.259 e. The zero-order chi connectivity index (χ0) is 21.3. The van der Waals surface area contributed by atoms with Gasteiger partial charge < -0.3 is 24.4 Å². The van der Waals surface area contributed by atoms with Crippen molar-refractivity contribution in [2.75, 3.05) is 49.7 Å². The van der Waals surface area contributed by atoms with Gasteiger partial charge in [0.2, 0.25) is 0 Å². The number of para-hydroxylation sites is 2. The Kier molecular flexibility index (Phi) is 7.03. The molecule has 3 aromatic rings. The molecule has 0 bridgehead atoms. The molecule has 0 aliphatic carbocycles. The van der Waals surface area contributed by atoms with Gasteiger partial charge in [-0.3, -0.25) is 4.79 Å². The van der Waals surface area contributed by atoms with E-state index in [9.17, 15) is 4.79 Å². The average Bonchev–Trinajstić information content (AvgIpc) is 2.84. The standard InChI is InChI=1S/C25H26N2O4/c28-25(26-20-10-12-21(13-11-20)27-14-16-29-17-15-27)23-8-4-5-9-24(23)31-19-18-30-22-6-2-1-3-7-22/h1-13H,14-19H2,(H,26,28). The number of ether oxygens (including phenoxy) is 3. The quantitative estimate of drug-likeness (QED) is 0.555. The van der Waals surface area contributed by atoms with Gasteiger partial charge in [0.1, 0.15) is 24.7 Å². The van der Waals surface area contributed by atoms with Crippen molar-refractivity contribution in [3.05, 3.63) is 84.4 Å². The van der Waals surface area contributed by atoms with E-state index in [1.807, 2.05) is 66.7 Å². The number of nitrogens with zero attached hydrogens (tertiary/aromatic N) is 1. The van der Waals surface area contributed by atoms with Gasteiger partial charge in [-0.05, 0) is 48.5 Å². The minimum absolute atomic E-state index is 0.210. The molecule has 1 fully saturated rings. The third kappa shape index (κ3) is 5.77. The molecular weight excluding hydrogens is 392 g/mol. The lowest BCUT2D eigenvalue weighted by Crippen LogP contribution is -2.36. The topological polar surface area (TPSA) is 60.0 Å². The number of morpholine rings is 1. The number of benzene rings is 3. The molecule has 0 unspecified atom stereocenters. The summed E-state index contributed by atoms with van der Waals surface area (Å²) in [6, 6.07) is 24.7. The summed E-state index contributed by atoms with van der Waals surface area (Å²) in [5.41, 5.74) is 2.35. The van der Waals surface area contributed by atoms with Crippen LogP contribution in [0.15, 0.2) is 78.9 Å². The second kappa shape index (κ2) is 10.5. The van der Waals surface area contributed by atoms with Crippen LogP contribution in [0.1, 0.15) is 10.4 Å². The van der Waals surface area contributed by atoms with Crippen molar-refractivity contribution in [2.24, 2.45) is 0 Å². The lowest BCUT2D eigenvalue weighted by atomic mass is 10.1. The van der Waals surface area contributed by atoms with E-state index >= 15 is 0 Å². The lowest BCUT2D eigenvalue weighted by Gasteiger charge is -2.28. The summed E-state index contributed by atoms with van der Waals surface area (Å²) in [6.07, 6.45) is 0. The second-order valence-electron chi connectivity index (χ2n) is 7.11. The molecule has 6 heteroatoms. The van der Waals surface area contributed by atoms with Crippen LogP contribution >= 0.6 is 0 Å². The number of carbonyl (C=O) groups excluding carboxylic acids is 1. The van der Waals surface area contributed by atoms with E-state index in [1.54, 1.807) is 12.1 Å². The van der Waals surface area contributed by atoms with E-state index in [2.05, 4.69) is 10.2 Å². The summed E-state index contributed by atoms with van der Waals surface area (Å²) in [5, 5.41) is 2.95. The predicted molar refractivity (Wildman–Crippen MR) is 121 cm³/mol. The van der Waals surface area contributed by atoms with Crippen LogP contribution in [0.25, 0.3) is 0 Å². The Hall–Kier alpha value is -3.51. The van der Waals surface area contributed by atoms with Crippen LogP contribution < -0.4 is 19.7 Å². The fourth-order valence-corrected chi connectivity index (χ4v) is 3.38. The lowest BCUT2D eigenvalue weighted by molar-refractivity contribution is 0.102. The van der Waals surface area contributed by atoms with Crippen LogP contribution in [-0.2, 0) is 4.74 Å². The number of anilines is 2. The molecule has 1 aliphatic heterocycles. The summed E-state index contributed by atoms with van der Waals surface area (Å²) in [6.45, 7) is 3.97. The molecule has 1 aliphatic rings. The van der Waals surface area contributed by atoms with E-state index in [1.165, 1.54) is 0 Å². The molecule has 6 nitrogen and oxygen atoms in total. The highest BCUT2D eigenvalue weighted by atomic mass is 16.5. The third-order valence-electron chi connectivity index (χ3n) is 4.99. The van der Waals surface area contributed by atoms with Crippen molar-refractivity contribution in [3.63, 3.8) is 0 Å². The summed E-state index contributed by atoms with van der Waals surface area (Å²) in [4.78, 5) is 15.1. The first-order valence-corrected chi connectivity index (χ1v) is 10.4. The summed E-state index contributed by atoms with van der Waals surface area (Å²) in [7, 11) is 0. The van der Waals surface area contributed by atoms with Crippen molar-refractivity contribution < 1.29 is 19.0 Å². The normalized spacial score (nSPS) is 13.5. The van der Waals surface area contributed by atoms with E-state index in [0.29, 0.717) is 24.5 Å². The second-order valence-corrected chi connectivity index (χ2v) is 7.11. The van der Waals surface area contributed by atoms with E-state index in [-0.39, 0.29) is 5.91 Å². The van der Waals surface area contributed by atoms with Crippen molar-refractivity contribution in [1.29, 1.82) is 0 Å². The molecule has 0 saturated carbocycles. The maximum absolute atomic E-state index is 12.8. The molecule has 31 heavy (non-hydrogen) atoms. The Morgan fingerprint density at radius 2 is 1.52 bits per heavy atom. The van der Waals surface area contributed by atoms with E-state index in [4.69, 9.17) is 14.2 Å². The largest absolute Gasteiger partial charge is 0.490 e. The van der Waals surface area contributed by atoms with Crippen molar-refractivity contribution in [3.8, 4) is 11.5 Å². The minimum atomic E-state index is -0.210. The van der Waals surface area contributed by atoms with Gasteiger partial charge in [-0.1, -0.05) is 30.3 Å². The van der Waals surface area contributed by atoms with Gasteiger partial charge in [0.15, 0.2) is 0 Å². The number of rotatable bonds is 8. The monoisotopic (exact) mass is 418 g/mol. The minimum Gasteiger partial charge on any atom is -0.490 e. The zero-order valence-electron chi connectivity index (χ0n) is 17.3. The van der Waals surface area contributed by atoms with Crippen molar-refractivity contribution in [2.45, 2.75) is 0 Å². The van der Waals surface area contributed by atoms with Crippen LogP contribution in [0.5, 0.6) is 11.5 Å². The van der Waals surface area contributed by atoms with Gasteiger partial charge >= 0.3 is 0 Å². The van der Waals surface area contributed by atoms with Crippen LogP contribution in [0, 0.1) is 0 Å². The predicted octanol–water partition coefficient (Wildman–Crippen LogP) is 4.23. The Labute approximate surface area is 182 Å². The fourth-order valence-electron chi connectivity index (χ4n) is 3.38. The van der Waals surface area contributed by atoms with Gasteiger partial charge in [-0.15, -0.1) is 0 Å². The Morgan fingerprint density at radius 3 is 2.29 bits per heavy atom. The molecule has 160 valence electrons. The maximum Gasteiger partial charge on any atom is 0.259 e. The molecular formula is C25H26N2O4. The van der Waals surface area contributed by atoms with Gasteiger partial charge in [-0.25, -0.2) is 0 Å². The average molecular weight is 418 g/mol. The number of carbonyl (C=O) groups is 1. The Bertz CT molecular complexity index is 970. The van der Waals surface area contributed by atoms with E-state index < -0.39 is 0 Å². The molecule has 4 rings (SSSR count). The molecule has 1 heterocycles. The Balaban J connectivity index is 1.33. The zero-order valence-corrected chi connectivity index (χ0v) is 17.3. The molecule has 0 radical (unpaired) electrons. The molecule has 0 atom stereocenters. The summed E-state index contributed by atoms with van der Waals surface area (Å²) >= 11 is 0. The van der Waals surface area contributed by atoms with Gasteiger partial charge in [0.25, 0.3) is 5.91 Å². The van der Waals surface area contributed by atoms with Crippen molar-refractivity contribution >= 4 is 17.3 Å². The summed E-state index contributed by atoms with van der Waals surface area (Å²) < 4.78 is 16.9. The number of nitrogens with one attached hydrogen (secondary N) is 1. The first kappa shape index (κ1) is 20.8. The van der Waals surface area contributed by atoms with E-state index in [0.717, 1.165) is 43.4 Å². The molecule has 0 aromatic heterocycles. The van der Waals surface area contributed by atoms with Crippen LogP contribution in [0.2, 0.25) is 0 Å². The van der Waals surface area contributed by atoms with Crippen LogP contribution in [-0.4, -0.2) is 45.4 Å². The number of hydrogen-bond acceptors (Lipinski definition) is 5. The van der Waals surface area contributed by atoms with Gasteiger partial charge in [0.05, 0.1) is 18.8 Å². The van der Waals surface area contributed by atoms with Gasteiger partial charge in [0, 0.05) is 24.5 Å². The number of amides is 1. The first-order chi connectivity index (χ1) is 15.3. The van der Waals surface area contributed by atoms with Crippen LogP contribution in [0.3, 0.4) is 0 Å². The molecule has 0 spiro atoms. The molecule has 1 N–H and O–H groups in total. The Morgan fingerprint density at radius 1 is 0.839 bits per heavy atom. The molecule has 1 saturated heterocycles. The third-order valence-corrected chi connectivity index (χ3v) is 4.99. The fraction of sp³-hybridized carbons (Fsp3) is 0.240. The summed E-state index contributed by atoms with van der Waals surface area (Å²) in [5.74, 6) is 1.11. The highest BCUT2D eigenvalue weighted by molar-refractivity contribution is 6.06. The van der Waals surface area contributed by atoms with Gasteiger partial charge in [-0.2, -0.15) is 0 Å². The molecule has 1 amide bonds. The highest BCUT2D eigenvalue weighted by Crippen LogP contribution is 2.22. The highest BCUT2D eigenvalue weighted by Gasteiger charge is 2.14. The van der Waals surface area contributed by atoms with Crippen LogP contribution in [0.4, 0.5) is 11.4 Å².